The number of aromatic nitrogens is 1. The summed E-state index contributed by atoms with van der Waals surface area (Å²) in [6.07, 6.45) is 2.90. The van der Waals surface area contributed by atoms with E-state index >= 15 is 0 Å². The second-order valence-electron chi connectivity index (χ2n) is 9.30. The van der Waals surface area contributed by atoms with Gasteiger partial charge in [-0.2, -0.15) is 0 Å². The Hall–Kier alpha value is -3.86. The fourth-order valence-corrected chi connectivity index (χ4v) is 4.62. The molecule has 1 aliphatic heterocycles. The van der Waals surface area contributed by atoms with Gasteiger partial charge < -0.3 is 14.6 Å². The fraction of sp³-hybridized carbons (Fsp3) is 0.267. The SMILES string of the molecule is Cc1oc(-c2ccc(C(=O)N[C@H](C)CCc3ccccc3)cc2)nc1CN1CCc2ccccc21. The molecule has 0 spiro atoms. The van der Waals surface area contributed by atoms with E-state index in [0.29, 0.717) is 11.5 Å². The van der Waals surface area contributed by atoms with Crippen molar-refractivity contribution in [1.82, 2.24) is 10.3 Å². The van der Waals surface area contributed by atoms with Crippen LogP contribution >= 0.6 is 0 Å². The third kappa shape index (κ3) is 5.29. The Morgan fingerprint density at radius 2 is 1.77 bits per heavy atom. The van der Waals surface area contributed by atoms with Crippen molar-refractivity contribution in [2.24, 2.45) is 0 Å². The highest BCUT2D eigenvalue weighted by molar-refractivity contribution is 5.94. The van der Waals surface area contributed by atoms with Gasteiger partial charge in [0.2, 0.25) is 5.89 Å². The zero-order valence-electron chi connectivity index (χ0n) is 20.3. The van der Waals surface area contributed by atoms with Crippen LogP contribution in [-0.4, -0.2) is 23.5 Å². The number of oxazole rings is 1. The molecule has 1 aliphatic rings. The average molecular weight is 466 g/mol. The molecule has 1 N–H and O–H groups in total. The number of carbonyl (C=O) groups excluding carboxylic acids is 1. The fourth-order valence-electron chi connectivity index (χ4n) is 4.62. The number of hydrogen-bond acceptors (Lipinski definition) is 4. The van der Waals surface area contributed by atoms with E-state index in [1.165, 1.54) is 16.8 Å². The first-order valence-electron chi connectivity index (χ1n) is 12.3. The molecule has 5 nitrogen and oxygen atoms in total. The number of nitrogens with zero attached hydrogens (tertiary/aromatic N) is 2. The number of para-hydroxylation sites is 1. The maximum Gasteiger partial charge on any atom is 0.251 e. The Balaban J connectivity index is 1.20. The van der Waals surface area contributed by atoms with Crippen LogP contribution in [0.5, 0.6) is 0 Å². The van der Waals surface area contributed by atoms with E-state index in [1.807, 2.05) is 56.3 Å². The Morgan fingerprint density at radius 1 is 1.03 bits per heavy atom. The lowest BCUT2D eigenvalue weighted by Gasteiger charge is -2.17. The van der Waals surface area contributed by atoms with Crippen molar-refractivity contribution in [2.45, 2.75) is 45.7 Å². The number of aryl methyl sites for hydroxylation is 2. The van der Waals surface area contributed by atoms with Crippen LogP contribution in [-0.2, 0) is 19.4 Å². The Bertz CT molecular complexity index is 1290. The van der Waals surface area contributed by atoms with E-state index in [4.69, 9.17) is 9.40 Å². The molecule has 0 unspecified atom stereocenters. The van der Waals surface area contributed by atoms with E-state index < -0.39 is 0 Å². The molecule has 5 heteroatoms. The lowest BCUT2D eigenvalue weighted by Crippen LogP contribution is -2.32. The molecule has 0 radical (unpaired) electrons. The van der Waals surface area contributed by atoms with Gasteiger partial charge in [-0.25, -0.2) is 4.98 Å². The lowest BCUT2D eigenvalue weighted by molar-refractivity contribution is 0.0938. The topological polar surface area (TPSA) is 58.4 Å². The lowest BCUT2D eigenvalue weighted by atomic mass is 10.1. The smallest absolute Gasteiger partial charge is 0.251 e. The van der Waals surface area contributed by atoms with Crippen molar-refractivity contribution in [3.05, 3.63) is 107 Å². The number of nitrogens with one attached hydrogen (secondary N) is 1. The number of fused-ring (bicyclic) bond motifs is 1. The van der Waals surface area contributed by atoms with Gasteiger partial charge in [-0.1, -0.05) is 48.5 Å². The molecule has 0 saturated heterocycles. The highest BCUT2D eigenvalue weighted by Gasteiger charge is 2.21. The van der Waals surface area contributed by atoms with E-state index in [0.717, 1.165) is 49.4 Å². The summed E-state index contributed by atoms with van der Waals surface area (Å²) in [6.45, 7) is 5.74. The first-order chi connectivity index (χ1) is 17.1. The van der Waals surface area contributed by atoms with Crippen LogP contribution in [0.2, 0.25) is 0 Å². The molecule has 35 heavy (non-hydrogen) atoms. The quantitative estimate of drug-likeness (QED) is 0.349. The number of hydrogen-bond donors (Lipinski definition) is 1. The number of rotatable bonds is 8. The summed E-state index contributed by atoms with van der Waals surface area (Å²) < 4.78 is 6.00. The molecule has 0 bridgehead atoms. The van der Waals surface area contributed by atoms with Crippen molar-refractivity contribution in [1.29, 1.82) is 0 Å². The van der Waals surface area contributed by atoms with Crippen LogP contribution < -0.4 is 10.2 Å². The predicted molar refractivity (Wildman–Crippen MR) is 140 cm³/mol. The summed E-state index contributed by atoms with van der Waals surface area (Å²) in [6, 6.07) is 26.5. The van der Waals surface area contributed by atoms with Crippen LogP contribution in [0.4, 0.5) is 5.69 Å². The molecular formula is C30H31N3O2. The second-order valence-corrected chi connectivity index (χ2v) is 9.30. The first-order valence-corrected chi connectivity index (χ1v) is 12.3. The van der Waals surface area contributed by atoms with Crippen LogP contribution in [0.1, 0.15) is 46.3 Å². The molecule has 2 heterocycles. The summed E-state index contributed by atoms with van der Waals surface area (Å²) in [5.41, 5.74) is 6.41. The highest BCUT2D eigenvalue weighted by atomic mass is 16.4. The molecule has 5 rings (SSSR count). The van der Waals surface area contributed by atoms with Gasteiger partial charge in [0, 0.05) is 29.4 Å². The largest absolute Gasteiger partial charge is 0.441 e. The van der Waals surface area contributed by atoms with E-state index in [2.05, 4.69) is 46.6 Å². The van der Waals surface area contributed by atoms with E-state index in [9.17, 15) is 4.79 Å². The van der Waals surface area contributed by atoms with Crippen molar-refractivity contribution in [3.8, 4) is 11.5 Å². The number of anilines is 1. The van der Waals surface area contributed by atoms with Gasteiger partial charge in [-0.05, 0) is 74.6 Å². The summed E-state index contributed by atoms with van der Waals surface area (Å²) in [7, 11) is 0. The minimum atomic E-state index is -0.0610. The average Bonchev–Trinajstić information content (AvgIpc) is 3.47. The molecule has 3 aromatic carbocycles. The van der Waals surface area contributed by atoms with Crippen molar-refractivity contribution in [2.75, 3.05) is 11.4 Å². The number of carbonyl (C=O) groups is 1. The number of amides is 1. The van der Waals surface area contributed by atoms with Crippen molar-refractivity contribution < 1.29 is 9.21 Å². The third-order valence-electron chi connectivity index (χ3n) is 6.70. The molecule has 178 valence electrons. The van der Waals surface area contributed by atoms with Crippen LogP contribution in [0, 0.1) is 6.92 Å². The van der Waals surface area contributed by atoms with Gasteiger partial charge in [0.15, 0.2) is 0 Å². The van der Waals surface area contributed by atoms with Gasteiger partial charge >= 0.3 is 0 Å². The predicted octanol–water partition coefficient (Wildman–Crippen LogP) is 5.96. The van der Waals surface area contributed by atoms with Crippen LogP contribution in [0.3, 0.4) is 0 Å². The summed E-state index contributed by atoms with van der Waals surface area (Å²) >= 11 is 0. The van der Waals surface area contributed by atoms with Gasteiger partial charge in [-0.3, -0.25) is 4.79 Å². The molecule has 1 aromatic heterocycles. The number of benzene rings is 3. The zero-order valence-corrected chi connectivity index (χ0v) is 20.3. The first kappa shape index (κ1) is 22.9. The maximum absolute atomic E-state index is 12.7. The zero-order chi connectivity index (χ0) is 24.2. The monoisotopic (exact) mass is 465 g/mol. The Morgan fingerprint density at radius 3 is 2.57 bits per heavy atom. The molecule has 0 saturated carbocycles. The summed E-state index contributed by atoms with van der Waals surface area (Å²) in [5, 5.41) is 3.10. The molecule has 1 amide bonds. The standard InChI is InChI=1S/C30H31N3O2/c1-21(12-13-23-8-4-3-5-9-23)31-29(34)25-14-16-26(17-15-25)30-32-27(22(2)35-30)20-33-19-18-24-10-6-7-11-28(24)33/h3-11,14-17,21H,12-13,18-20H2,1-2H3,(H,31,34)/t21-/m1/s1. The Kier molecular flexibility index (Phi) is 6.66. The van der Waals surface area contributed by atoms with Crippen molar-refractivity contribution >= 4 is 11.6 Å². The van der Waals surface area contributed by atoms with Gasteiger partial charge in [0.25, 0.3) is 5.91 Å². The maximum atomic E-state index is 12.7. The second kappa shape index (κ2) is 10.2. The molecule has 1 atom stereocenters. The minimum Gasteiger partial charge on any atom is -0.441 e. The molecule has 4 aromatic rings. The molecule has 0 fully saturated rings. The van der Waals surface area contributed by atoms with Crippen LogP contribution in [0.15, 0.2) is 83.3 Å². The Labute approximate surface area is 206 Å². The van der Waals surface area contributed by atoms with Gasteiger partial charge in [0.05, 0.1) is 6.54 Å². The van der Waals surface area contributed by atoms with Crippen molar-refractivity contribution in [3.63, 3.8) is 0 Å². The molecule has 0 aliphatic carbocycles. The van der Waals surface area contributed by atoms with E-state index in [-0.39, 0.29) is 11.9 Å². The van der Waals surface area contributed by atoms with E-state index in [1.54, 1.807) is 0 Å². The summed E-state index contributed by atoms with van der Waals surface area (Å²) in [5.74, 6) is 1.36. The van der Waals surface area contributed by atoms with Crippen LogP contribution in [0.25, 0.3) is 11.5 Å². The highest BCUT2D eigenvalue weighted by Crippen LogP contribution is 2.30. The minimum absolute atomic E-state index is 0.0610. The van der Waals surface area contributed by atoms with Gasteiger partial charge in [-0.15, -0.1) is 0 Å². The molecular weight excluding hydrogens is 434 g/mol. The third-order valence-corrected chi connectivity index (χ3v) is 6.70. The normalized spacial score (nSPS) is 13.5. The summed E-state index contributed by atoms with van der Waals surface area (Å²) in [4.78, 5) is 19.9. The van der Waals surface area contributed by atoms with Gasteiger partial charge in [0.1, 0.15) is 11.5 Å².